The van der Waals surface area contributed by atoms with Gasteiger partial charge in [-0.15, -0.1) is 0 Å². The summed E-state index contributed by atoms with van der Waals surface area (Å²) in [7, 11) is 0. The predicted molar refractivity (Wildman–Crippen MR) is 60.9 cm³/mol. The van der Waals surface area contributed by atoms with Crippen LogP contribution < -0.4 is 0 Å². The van der Waals surface area contributed by atoms with Gasteiger partial charge in [0.1, 0.15) is 0 Å². The van der Waals surface area contributed by atoms with Crippen molar-refractivity contribution < 1.29 is 0 Å². The van der Waals surface area contributed by atoms with Crippen LogP contribution in [-0.2, 0) is 6.42 Å². The second-order valence-corrected chi connectivity index (χ2v) is 4.07. The van der Waals surface area contributed by atoms with Gasteiger partial charge < -0.3 is 4.40 Å². The normalized spacial score (nSPS) is 11.4. The third-order valence-electron chi connectivity index (χ3n) is 2.80. The van der Waals surface area contributed by atoms with Crippen LogP contribution in [0.15, 0.2) is 30.6 Å². The molecule has 2 heterocycles. The maximum absolute atomic E-state index is 2.25. The van der Waals surface area contributed by atoms with E-state index in [2.05, 4.69) is 55.8 Å². The van der Waals surface area contributed by atoms with Gasteiger partial charge in [0.2, 0.25) is 0 Å². The van der Waals surface area contributed by atoms with E-state index in [4.69, 9.17) is 0 Å². The van der Waals surface area contributed by atoms with Gasteiger partial charge in [-0.05, 0) is 35.6 Å². The molecule has 0 spiro atoms. The first kappa shape index (κ1) is 9.32. The molecule has 0 unspecified atom stereocenters. The lowest BCUT2D eigenvalue weighted by molar-refractivity contribution is 0.865. The molecular weight excluding hydrogens is 170 g/mol. The van der Waals surface area contributed by atoms with Crippen molar-refractivity contribution in [3.8, 4) is 0 Å². The van der Waals surface area contributed by atoms with Crippen LogP contribution in [0.4, 0.5) is 0 Å². The number of aromatic nitrogens is 1. The minimum Gasteiger partial charge on any atom is -0.323 e. The zero-order valence-corrected chi connectivity index (χ0v) is 9.12. The Morgan fingerprint density at radius 3 is 2.64 bits per heavy atom. The molecule has 14 heavy (non-hydrogen) atoms. The Morgan fingerprint density at radius 1 is 1.21 bits per heavy atom. The summed E-state index contributed by atoms with van der Waals surface area (Å²) in [4.78, 5) is 0. The van der Waals surface area contributed by atoms with Gasteiger partial charge >= 0.3 is 0 Å². The molecule has 0 saturated heterocycles. The third kappa shape index (κ3) is 1.33. The SMILES string of the molecule is CCc1ccn2cccc(C(C)C)c12. The van der Waals surface area contributed by atoms with Crippen LogP contribution in [0.2, 0.25) is 0 Å². The summed E-state index contributed by atoms with van der Waals surface area (Å²) in [5.74, 6) is 0.596. The smallest absolute Gasteiger partial charge is 0.0516 e. The number of nitrogens with zero attached hydrogens (tertiary/aromatic N) is 1. The van der Waals surface area contributed by atoms with Gasteiger partial charge in [-0.3, -0.25) is 0 Å². The van der Waals surface area contributed by atoms with Crippen molar-refractivity contribution in [3.63, 3.8) is 0 Å². The number of hydrogen-bond donors (Lipinski definition) is 0. The van der Waals surface area contributed by atoms with Gasteiger partial charge in [0.25, 0.3) is 0 Å². The van der Waals surface area contributed by atoms with Crippen molar-refractivity contribution in [1.82, 2.24) is 4.40 Å². The fraction of sp³-hybridized carbons (Fsp3) is 0.385. The molecule has 0 aliphatic heterocycles. The molecule has 0 aliphatic rings. The first-order valence-corrected chi connectivity index (χ1v) is 5.32. The van der Waals surface area contributed by atoms with Crippen molar-refractivity contribution in [2.24, 2.45) is 0 Å². The average molecular weight is 187 g/mol. The minimum atomic E-state index is 0.596. The van der Waals surface area contributed by atoms with Crippen LogP contribution in [0.25, 0.3) is 5.52 Å². The van der Waals surface area contributed by atoms with Crippen molar-refractivity contribution in [3.05, 3.63) is 41.7 Å². The van der Waals surface area contributed by atoms with E-state index in [0.717, 1.165) is 6.42 Å². The standard InChI is InChI=1S/C13H17N/c1-4-11-7-9-14-8-5-6-12(10(2)3)13(11)14/h5-10H,4H2,1-3H3. The topological polar surface area (TPSA) is 4.41 Å². The van der Waals surface area contributed by atoms with Crippen LogP contribution >= 0.6 is 0 Å². The quantitative estimate of drug-likeness (QED) is 0.676. The van der Waals surface area contributed by atoms with Crippen LogP contribution in [0, 0.1) is 0 Å². The molecule has 0 amide bonds. The van der Waals surface area contributed by atoms with E-state index in [0.29, 0.717) is 5.92 Å². The maximum atomic E-state index is 2.25. The van der Waals surface area contributed by atoms with Gasteiger partial charge in [0.15, 0.2) is 0 Å². The Hall–Kier alpha value is -1.24. The molecule has 2 rings (SSSR count). The fourth-order valence-corrected chi connectivity index (χ4v) is 2.02. The molecule has 0 atom stereocenters. The average Bonchev–Trinajstić information content (AvgIpc) is 2.59. The molecule has 0 N–H and O–H groups in total. The Balaban J connectivity index is 2.75. The molecule has 0 aliphatic carbocycles. The molecule has 0 bridgehead atoms. The van der Waals surface area contributed by atoms with E-state index in [1.54, 1.807) is 0 Å². The van der Waals surface area contributed by atoms with Crippen molar-refractivity contribution >= 4 is 5.52 Å². The van der Waals surface area contributed by atoms with E-state index in [9.17, 15) is 0 Å². The third-order valence-corrected chi connectivity index (χ3v) is 2.80. The van der Waals surface area contributed by atoms with Gasteiger partial charge in [-0.2, -0.15) is 0 Å². The molecule has 1 nitrogen and oxygen atoms in total. The van der Waals surface area contributed by atoms with E-state index in [1.807, 2.05) is 0 Å². The van der Waals surface area contributed by atoms with E-state index in [1.165, 1.54) is 16.6 Å². The molecule has 0 fully saturated rings. The fourth-order valence-electron chi connectivity index (χ4n) is 2.02. The highest BCUT2D eigenvalue weighted by Crippen LogP contribution is 2.24. The molecule has 74 valence electrons. The van der Waals surface area contributed by atoms with Crippen molar-refractivity contribution in [2.75, 3.05) is 0 Å². The Kier molecular flexibility index (Phi) is 2.32. The zero-order chi connectivity index (χ0) is 10.1. The van der Waals surface area contributed by atoms with Crippen LogP contribution in [0.5, 0.6) is 0 Å². The molecule has 2 aromatic rings. The highest BCUT2D eigenvalue weighted by molar-refractivity contribution is 5.63. The number of rotatable bonds is 2. The Labute approximate surface area is 85.4 Å². The van der Waals surface area contributed by atoms with Gasteiger partial charge in [0.05, 0.1) is 5.52 Å². The van der Waals surface area contributed by atoms with Crippen LogP contribution in [0.3, 0.4) is 0 Å². The van der Waals surface area contributed by atoms with Crippen LogP contribution in [-0.4, -0.2) is 4.40 Å². The maximum Gasteiger partial charge on any atom is 0.0516 e. The summed E-state index contributed by atoms with van der Waals surface area (Å²) < 4.78 is 2.23. The lowest BCUT2D eigenvalue weighted by Gasteiger charge is -2.09. The lowest BCUT2D eigenvalue weighted by Crippen LogP contribution is -1.94. The zero-order valence-electron chi connectivity index (χ0n) is 9.12. The number of aryl methyl sites for hydroxylation is 1. The summed E-state index contributed by atoms with van der Waals surface area (Å²) in [6.07, 6.45) is 5.39. The molecule has 0 saturated carbocycles. The molecular formula is C13H17N. The lowest BCUT2D eigenvalue weighted by atomic mass is 10.0. The summed E-state index contributed by atoms with van der Waals surface area (Å²) in [5.41, 5.74) is 4.31. The number of hydrogen-bond acceptors (Lipinski definition) is 0. The summed E-state index contributed by atoms with van der Waals surface area (Å²) in [6, 6.07) is 6.59. The molecule has 2 aromatic heterocycles. The summed E-state index contributed by atoms with van der Waals surface area (Å²) >= 11 is 0. The summed E-state index contributed by atoms with van der Waals surface area (Å²) in [6.45, 7) is 6.72. The van der Waals surface area contributed by atoms with E-state index < -0.39 is 0 Å². The highest BCUT2D eigenvalue weighted by Gasteiger charge is 2.08. The number of fused-ring (bicyclic) bond motifs is 1. The van der Waals surface area contributed by atoms with E-state index in [-0.39, 0.29) is 0 Å². The van der Waals surface area contributed by atoms with Gasteiger partial charge in [0, 0.05) is 12.4 Å². The second kappa shape index (κ2) is 3.49. The molecule has 1 heteroatoms. The largest absolute Gasteiger partial charge is 0.323 e. The minimum absolute atomic E-state index is 0.596. The number of pyridine rings is 1. The Morgan fingerprint density at radius 2 is 2.00 bits per heavy atom. The van der Waals surface area contributed by atoms with Gasteiger partial charge in [-0.1, -0.05) is 26.8 Å². The van der Waals surface area contributed by atoms with E-state index >= 15 is 0 Å². The second-order valence-electron chi connectivity index (χ2n) is 4.07. The van der Waals surface area contributed by atoms with Crippen molar-refractivity contribution in [2.45, 2.75) is 33.1 Å². The molecule has 0 radical (unpaired) electrons. The Bertz CT molecular complexity index is 437. The monoisotopic (exact) mass is 187 g/mol. The van der Waals surface area contributed by atoms with Gasteiger partial charge in [-0.25, -0.2) is 0 Å². The van der Waals surface area contributed by atoms with Crippen molar-refractivity contribution in [1.29, 1.82) is 0 Å². The highest BCUT2D eigenvalue weighted by atomic mass is 14.9. The van der Waals surface area contributed by atoms with Crippen LogP contribution in [0.1, 0.15) is 37.8 Å². The molecule has 0 aromatic carbocycles. The first-order chi connectivity index (χ1) is 6.74. The first-order valence-electron chi connectivity index (χ1n) is 5.32. The predicted octanol–water partition coefficient (Wildman–Crippen LogP) is 3.63. The summed E-state index contributed by atoms with van der Waals surface area (Å²) in [5, 5.41) is 0.